The van der Waals surface area contributed by atoms with Crippen molar-refractivity contribution in [3.8, 4) is 11.5 Å². The van der Waals surface area contributed by atoms with Gasteiger partial charge in [0, 0.05) is 11.4 Å². The molecule has 9 nitrogen and oxygen atoms in total. The third-order valence-electron chi connectivity index (χ3n) is 5.38. The Bertz CT molecular complexity index is 1150. The van der Waals surface area contributed by atoms with Gasteiger partial charge < -0.3 is 31.2 Å². The molecule has 1 saturated heterocycles. The molecule has 1 aliphatic rings. The van der Waals surface area contributed by atoms with E-state index in [1.807, 2.05) is 61.6 Å². The SMILES string of the molecule is C=C1NC(=O)N[C@H](c2cc(I)c(OCC(N)=O)c(OCC)c2)[C@H]1C(=O)Nc1ccc(C)c(C)c1. The van der Waals surface area contributed by atoms with Gasteiger partial charge >= 0.3 is 6.03 Å². The third kappa shape index (κ3) is 5.79. The largest absolute Gasteiger partial charge is 0.490 e. The zero-order valence-electron chi connectivity index (χ0n) is 19.2. The van der Waals surface area contributed by atoms with E-state index in [-0.39, 0.29) is 18.2 Å². The summed E-state index contributed by atoms with van der Waals surface area (Å²) in [6, 6.07) is 7.91. The van der Waals surface area contributed by atoms with Crippen LogP contribution in [0.25, 0.3) is 0 Å². The lowest BCUT2D eigenvalue weighted by molar-refractivity contribution is -0.120. The maximum atomic E-state index is 13.3. The van der Waals surface area contributed by atoms with E-state index >= 15 is 0 Å². The van der Waals surface area contributed by atoms with E-state index < -0.39 is 23.9 Å². The van der Waals surface area contributed by atoms with Crippen molar-refractivity contribution < 1.29 is 23.9 Å². The van der Waals surface area contributed by atoms with E-state index in [1.165, 1.54) is 0 Å². The summed E-state index contributed by atoms with van der Waals surface area (Å²) >= 11 is 2.05. The number of hydrogen-bond donors (Lipinski definition) is 4. The quantitative estimate of drug-likeness (QED) is 0.357. The lowest BCUT2D eigenvalue weighted by Gasteiger charge is -2.34. The fourth-order valence-electron chi connectivity index (χ4n) is 3.62. The second-order valence-corrected chi connectivity index (χ2v) is 9.05. The Morgan fingerprint density at radius 1 is 1.18 bits per heavy atom. The number of nitrogens with two attached hydrogens (primary N) is 1. The smallest absolute Gasteiger partial charge is 0.319 e. The summed E-state index contributed by atoms with van der Waals surface area (Å²) in [6.07, 6.45) is 0. The molecule has 2 aromatic rings. The number of amides is 4. The Balaban J connectivity index is 1.97. The topological polar surface area (TPSA) is 132 Å². The van der Waals surface area contributed by atoms with Crippen molar-refractivity contribution in [3.63, 3.8) is 0 Å². The van der Waals surface area contributed by atoms with E-state index in [2.05, 4.69) is 22.5 Å². The van der Waals surface area contributed by atoms with Gasteiger partial charge in [-0.1, -0.05) is 12.6 Å². The fourth-order valence-corrected chi connectivity index (χ4v) is 4.40. The molecule has 1 heterocycles. The van der Waals surface area contributed by atoms with Gasteiger partial charge in [-0.15, -0.1) is 0 Å². The Kier molecular flexibility index (Phi) is 8.02. The number of nitrogens with one attached hydrogen (secondary N) is 3. The van der Waals surface area contributed by atoms with Gasteiger partial charge in [-0.2, -0.15) is 0 Å². The molecule has 34 heavy (non-hydrogen) atoms. The number of ether oxygens (including phenoxy) is 2. The number of aryl methyl sites for hydroxylation is 2. The minimum absolute atomic E-state index is 0.275. The normalized spacial score (nSPS) is 17.4. The molecule has 0 unspecified atom stereocenters. The van der Waals surface area contributed by atoms with Crippen LogP contribution in [0.4, 0.5) is 10.5 Å². The first-order valence-electron chi connectivity index (χ1n) is 10.6. The van der Waals surface area contributed by atoms with Crippen LogP contribution >= 0.6 is 22.6 Å². The number of halogens is 1. The molecular weight excluding hydrogens is 551 g/mol. The predicted octanol–water partition coefficient (Wildman–Crippen LogP) is 3.29. The van der Waals surface area contributed by atoms with E-state index in [4.69, 9.17) is 15.2 Å². The number of carbonyl (C=O) groups is 3. The van der Waals surface area contributed by atoms with E-state index in [1.54, 1.807) is 12.1 Å². The van der Waals surface area contributed by atoms with E-state index in [9.17, 15) is 14.4 Å². The van der Waals surface area contributed by atoms with E-state index in [0.717, 1.165) is 11.1 Å². The van der Waals surface area contributed by atoms with Crippen molar-refractivity contribution in [2.75, 3.05) is 18.5 Å². The Morgan fingerprint density at radius 3 is 2.56 bits per heavy atom. The Morgan fingerprint density at radius 2 is 1.91 bits per heavy atom. The fraction of sp³-hybridized carbons (Fsp3) is 0.292. The highest BCUT2D eigenvalue weighted by molar-refractivity contribution is 14.1. The third-order valence-corrected chi connectivity index (χ3v) is 6.18. The molecule has 0 aliphatic carbocycles. The van der Waals surface area contributed by atoms with Gasteiger partial charge in [-0.05, 0) is 84.3 Å². The Labute approximate surface area is 211 Å². The summed E-state index contributed by atoms with van der Waals surface area (Å²) in [5.41, 5.74) is 8.91. The average Bonchev–Trinajstić information content (AvgIpc) is 2.75. The molecule has 5 N–H and O–H groups in total. The monoisotopic (exact) mass is 578 g/mol. The molecule has 2 atom stereocenters. The first-order valence-corrected chi connectivity index (χ1v) is 11.7. The molecule has 4 amide bonds. The number of primary amides is 1. The second kappa shape index (κ2) is 10.8. The summed E-state index contributed by atoms with van der Waals surface area (Å²) in [5, 5.41) is 8.34. The van der Waals surface area contributed by atoms with Crippen LogP contribution in [0.2, 0.25) is 0 Å². The highest BCUT2D eigenvalue weighted by Crippen LogP contribution is 2.39. The van der Waals surface area contributed by atoms with Crippen LogP contribution in [0.1, 0.15) is 29.7 Å². The molecule has 0 aromatic heterocycles. The predicted molar refractivity (Wildman–Crippen MR) is 137 cm³/mol. The molecule has 3 rings (SSSR count). The summed E-state index contributed by atoms with van der Waals surface area (Å²) < 4.78 is 11.9. The molecule has 0 saturated carbocycles. The van der Waals surface area contributed by atoms with Crippen molar-refractivity contribution in [2.45, 2.75) is 26.8 Å². The standard InChI is InChI=1S/C24H27IN4O5/c1-5-33-18-10-15(9-17(25)22(18)34-11-19(26)30)21-20(14(4)27-24(32)29-21)23(31)28-16-7-6-12(2)13(3)8-16/h6-10,20-21H,4-5,11H2,1-3H3,(H2,26,30)(H,28,31)(H2,27,29,32)/t20-,21+/m0/s1. The zero-order valence-corrected chi connectivity index (χ0v) is 21.3. The summed E-state index contributed by atoms with van der Waals surface area (Å²) in [4.78, 5) is 36.8. The number of rotatable bonds is 8. The number of urea groups is 1. The van der Waals surface area contributed by atoms with Crippen LogP contribution in [0.5, 0.6) is 11.5 Å². The van der Waals surface area contributed by atoms with Crippen molar-refractivity contribution >= 4 is 46.1 Å². The van der Waals surface area contributed by atoms with Gasteiger partial charge in [0.1, 0.15) is 5.92 Å². The van der Waals surface area contributed by atoms with E-state index in [0.29, 0.717) is 32.9 Å². The second-order valence-electron chi connectivity index (χ2n) is 7.89. The molecular formula is C24H27IN4O5. The van der Waals surface area contributed by atoms with Crippen LogP contribution < -0.4 is 31.2 Å². The van der Waals surface area contributed by atoms with Gasteiger partial charge in [0.2, 0.25) is 5.91 Å². The maximum absolute atomic E-state index is 13.3. The first kappa shape index (κ1) is 25.3. The van der Waals surface area contributed by atoms with Crippen molar-refractivity contribution in [1.29, 1.82) is 0 Å². The highest BCUT2D eigenvalue weighted by Gasteiger charge is 2.38. The molecule has 0 spiro atoms. The van der Waals surface area contributed by atoms with Crippen LogP contribution in [0.3, 0.4) is 0 Å². The van der Waals surface area contributed by atoms with Crippen LogP contribution in [-0.4, -0.2) is 31.1 Å². The molecule has 2 aromatic carbocycles. The molecule has 1 fully saturated rings. The minimum Gasteiger partial charge on any atom is -0.490 e. The maximum Gasteiger partial charge on any atom is 0.319 e. The average molecular weight is 578 g/mol. The summed E-state index contributed by atoms with van der Waals surface area (Å²) in [5.74, 6) is -1.01. The van der Waals surface area contributed by atoms with Crippen LogP contribution in [0.15, 0.2) is 42.6 Å². The molecule has 0 bridgehead atoms. The lowest BCUT2D eigenvalue weighted by Crippen LogP contribution is -2.51. The summed E-state index contributed by atoms with van der Waals surface area (Å²) in [7, 11) is 0. The van der Waals surface area contributed by atoms with Gasteiger partial charge in [0.05, 0.1) is 16.2 Å². The van der Waals surface area contributed by atoms with Gasteiger partial charge in [0.15, 0.2) is 18.1 Å². The number of carbonyl (C=O) groups excluding carboxylic acids is 3. The number of hydrogen-bond acceptors (Lipinski definition) is 5. The van der Waals surface area contributed by atoms with Crippen LogP contribution in [0, 0.1) is 23.3 Å². The van der Waals surface area contributed by atoms with Crippen molar-refractivity contribution in [2.24, 2.45) is 11.7 Å². The molecule has 0 radical (unpaired) electrons. The lowest BCUT2D eigenvalue weighted by atomic mass is 9.88. The Hall–Kier alpha value is -3.28. The minimum atomic E-state index is -0.804. The van der Waals surface area contributed by atoms with Crippen LogP contribution in [-0.2, 0) is 9.59 Å². The molecule has 180 valence electrons. The number of anilines is 1. The number of benzene rings is 2. The van der Waals surface area contributed by atoms with Crippen molar-refractivity contribution in [3.05, 3.63) is 62.9 Å². The molecule has 10 heteroatoms. The van der Waals surface area contributed by atoms with Gasteiger partial charge in [-0.3, -0.25) is 9.59 Å². The zero-order chi connectivity index (χ0) is 25.0. The van der Waals surface area contributed by atoms with Gasteiger partial charge in [-0.25, -0.2) is 4.79 Å². The summed E-state index contributed by atoms with van der Waals surface area (Å²) in [6.45, 7) is 9.73. The van der Waals surface area contributed by atoms with Gasteiger partial charge in [0.25, 0.3) is 5.91 Å². The molecule has 1 aliphatic heterocycles. The van der Waals surface area contributed by atoms with Crippen molar-refractivity contribution in [1.82, 2.24) is 10.6 Å². The first-order chi connectivity index (χ1) is 16.1. The highest BCUT2D eigenvalue weighted by atomic mass is 127.